The van der Waals surface area contributed by atoms with Crippen LogP contribution in [0.1, 0.15) is 203 Å². The van der Waals surface area contributed by atoms with Crippen LogP contribution in [0.5, 0.6) is 0 Å². The molecule has 0 aromatic heterocycles. The molecule has 0 unspecified atom stereocenters. The number of hydrogen-bond acceptors (Lipinski definition) is 0. The monoisotopic (exact) mass is 545 g/mol. The van der Waals surface area contributed by atoms with Crippen molar-refractivity contribution >= 4 is 0 Å². The third-order valence-electron chi connectivity index (χ3n) is 10.2. The van der Waals surface area contributed by atoms with Gasteiger partial charge in [-0.3, -0.25) is 0 Å². The maximum absolute atomic E-state index is 2.46. The molecule has 0 aromatic rings. The lowest BCUT2D eigenvalue weighted by atomic mass is 9.69. The van der Waals surface area contributed by atoms with E-state index in [1.807, 2.05) is 0 Å². The maximum atomic E-state index is 2.46. The van der Waals surface area contributed by atoms with Gasteiger partial charge in [-0.1, -0.05) is 183 Å². The van der Waals surface area contributed by atoms with E-state index in [-0.39, 0.29) is 66.8 Å². The van der Waals surface area contributed by atoms with Crippen molar-refractivity contribution in [1.82, 2.24) is 0 Å². The molecule has 0 aliphatic heterocycles. The summed E-state index contributed by atoms with van der Waals surface area (Å²) in [6.45, 7) is 4.93. The molecule has 0 aromatic carbocycles. The second-order valence-electron chi connectivity index (χ2n) is 12.7. The first-order chi connectivity index (χ1) is 14.1. The van der Waals surface area contributed by atoms with Gasteiger partial charge in [0, 0.05) is 0 Å². The van der Waals surface area contributed by atoms with Crippen LogP contribution >= 0.6 is 0 Å². The summed E-state index contributed by atoms with van der Waals surface area (Å²) in [4.78, 5) is 0. The van der Waals surface area contributed by atoms with Crippen LogP contribution in [0.2, 0.25) is 0 Å². The van der Waals surface area contributed by atoms with Gasteiger partial charge >= 0.3 is 0 Å². The fraction of sp³-hybridized carbons (Fsp3) is 1.00. The maximum Gasteiger partial charge on any atom is -0.0411 e. The Labute approximate surface area is 249 Å². The average Bonchev–Trinajstić information content (AvgIpc) is 2.74. The van der Waals surface area contributed by atoms with E-state index in [2.05, 4.69) is 13.8 Å². The molecule has 240 valence electrons. The molecule has 38 heavy (non-hydrogen) atoms. The number of hydrogen-bond donors (Lipinski definition) is 0. The highest BCUT2D eigenvalue weighted by Gasteiger charge is 2.30. The van der Waals surface area contributed by atoms with Gasteiger partial charge in [-0.2, -0.15) is 0 Å². The number of rotatable bonds is 6. The smallest absolute Gasteiger partial charge is 0.0411 e. The predicted octanol–water partition coefficient (Wildman–Crippen LogP) is 15.1. The van der Waals surface area contributed by atoms with Crippen LogP contribution < -0.4 is 0 Å². The lowest BCUT2D eigenvalue weighted by Crippen LogP contribution is -2.24. The standard InChI is InChI=1S/C29H52.9CH4/c1-22-3-7-24(8-4-22)19-26-11-15-28(16-12-26)21-29-17-13-27(14-18-29)20-25-9-5-23(2)6-10-25;;;;;;;;;/h22-29H,3-21H2,1-2H3;9*1H4. The summed E-state index contributed by atoms with van der Waals surface area (Å²) in [5.74, 6) is 8.60. The van der Waals surface area contributed by atoms with Gasteiger partial charge in [-0.05, 0) is 66.6 Å². The van der Waals surface area contributed by atoms with E-state index in [9.17, 15) is 0 Å². The highest BCUT2D eigenvalue weighted by molar-refractivity contribution is 4.82. The molecule has 0 amide bonds. The Hall–Kier alpha value is 0. The summed E-state index contributed by atoms with van der Waals surface area (Å²) < 4.78 is 0. The van der Waals surface area contributed by atoms with E-state index < -0.39 is 0 Å². The van der Waals surface area contributed by atoms with E-state index in [1.165, 1.54) is 25.7 Å². The molecule has 0 saturated heterocycles. The summed E-state index contributed by atoms with van der Waals surface area (Å²) >= 11 is 0. The van der Waals surface area contributed by atoms with Gasteiger partial charge in [0.1, 0.15) is 0 Å². The van der Waals surface area contributed by atoms with Gasteiger partial charge in [0.05, 0.1) is 0 Å². The van der Waals surface area contributed by atoms with E-state index >= 15 is 0 Å². The Balaban J connectivity index is -0.000000284. The fourth-order valence-electron chi connectivity index (χ4n) is 7.95. The van der Waals surface area contributed by atoms with Crippen molar-refractivity contribution in [1.29, 1.82) is 0 Å². The summed E-state index contributed by atoms with van der Waals surface area (Å²) in [5.41, 5.74) is 0. The van der Waals surface area contributed by atoms with Crippen LogP contribution in [-0.2, 0) is 0 Å². The molecule has 4 aliphatic carbocycles. The third kappa shape index (κ3) is 16.3. The molecule has 0 heterocycles. The minimum atomic E-state index is 0. The molecular weight excluding hydrogens is 456 g/mol. The summed E-state index contributed by atoms with van der Waals surface area (Å²) in [7, 11) is 0. The van der Waals surface area contributed by atoms with Crippen LogP contribution in [0, 0.1) is 47.3 Å². The third-order valence-corrected chi connectivity index (χ3v) is 10.2. The molecule has 4 rings (SSSR count). The van der Waals surface area contributed by atoms with Crippen molar-refractivity contribution in [3.8, 4) is 0 Å². The zero-order valence-electron chi connectivity index (χ0n) is 20.1. The van der Waals surface area contributed by atoms with Crippen molar-refractivity contribution in [3.63, 3.8) is 0 Å². The Bertz CT molecular complexity index is 393. The zero-order valence-corrected chi connectivity index (χ0v) is 20.1. The molecule has 4 fully saturated rings. The topological polar surface area (TPSA) is 0 Å². The molecular formula is C38H88. The Morgan fingerprint density at radius 2 is 0.395 bits per heavy atom. The first-order valence-corrected chi connectivity index (χ1v) is 14.1. The minimum Gasteiger partial charge on any atom is -0.0776 e. The molecule has 0 heteroatoms. The van der Waals surface area contributed by atoms with Crippen LogP contribution in [0.4, 0.5) is 0 Å². The van der Waals surface area contributed by atoms with Crippen LogP contribution in [0.3, 0.4) is 0 Å². The second-order valence-corrected chi connectivity index (χ2v) is 12.7. The van der Waals surface area contributed by atoms with Crippen LogP contribution in [0.25, 0.3) is 0 Å². The lowest BCUT2D eigenvalue weighted by Gasteiger charge is -2.37. The van der Waals surface area contributed by atoms with Crippen molar-refractivity contribution in [2.24, 2.45) is 47.3 Å². The van der Waals surface area contributed by atoms with Gasteiger partial charge in [-0.25, -0.2) is 0 Å². The lowest BCUT2D eigenvalue weighted by molar-refractivity contribution is 0.154. The molecule has 0 bridgehead atoms. The first kappa shape index (κ1) is 50.8. The van der Waals surface area contributed by atoms with Crippen molar-refractivity contribution in [3.05, 3.63) is 0 Å². The molecule has 4 saturated carbocycles. The van der Waals surface area contributed by atoms with E-state index in [4.69, 9.17) is 0 Å². The Morgan fingerprint density at radius 1 is 0.263 bits per heavy atom. The SMILES string of the molecule is C.C.C.C.C.C.C.C.C.CC1CCC(CC2CCC(CC3CCC(CC4CCC(C)CC4)CC3)CC2)CC1. The molecule has 0 radical (unpaired) electrons. The molecule has 0 atom stereocenters. The summed E-state index contributed by atoms with van der Waals surface area (Å²) in [6, 6.07) is 0. The van der Waals surface area contributed by atoms with Gasteiger partial charge in [0.2, 0.25) is 0 Å². The highest BCUT2D eigenvalue weighted by Crippen LogP contribution is 2.43. The Kier molecular flexibility index (Phi) is 34.7. The van der Waals surface area contributed by atoms with E-state index in [0.29, 0.717) is 0 Å². The molecule has 4 aliphatic rings. The molecule has 0 N–H and O–H groups in total. The fourth-order valence-corrected chi connectivity index (χ4v) is 7.95. The van der Waals surface area contributed by atoms with E-state index in [0.717, 1.165) is 47.3 Å². The summed E-state index contributed by atoms with van der Waals surface area (Å²) in [5, 5.41) is 0. The second kappa shape index (κ2) is 25.9. The van der Waals surface area contributed by atoms with Crippen molar-refractivity contribution in [2.45, 2.75) is 203 Å². The van der Waals surface area contributed by atoms with Gasteiger partial charge in [-0.15, -0.1) is 0 Å². The van der Waals surface area contributed by atoms with Crippen molar-refractivity contribution < 1.29 is 0 Å². The normalized spacial score (nSPS) is 33.9. The van der Waals surface area contributed by atoms with Crippen LogP contribution in [0.15, 0.2) is 0 Å². The van der Waals surface area contributed by atoms with Crippen LogP contribution in [-0.4, -0.2) is 0 Å². The minimum absolute atomic E-state index is 0. The highest BCUT2D eigenvalue weighted by atomic mass is 14.4. The van der Waals surface area contributed by atoms with Crippen molar-refractivity contribution in [2.75, 3.05) is 0 Å². The zero-order chi connectivity index (χ0) is 20.1. The predicted molar refractivity (Wildman–Crippen MR) is 188 cm³/mol. The molecule has 0 nitrogen and oxygen atoms in total. The van der Waals surface area contributed by atoms with Gasteiger partial charge in [0.25, 0.3) is 0 Å². The van der Waals surface area contributed by atoms with E-state index in [1.54, 1.807) is 96.3 Å². The average molecular weight is 545 g/mol. The Morgan fingerprint density at radius 3 is 0.553 bits per heavy atom. The first-order valence-electron chi connectivity index (χ1n) is 14.1. The summed E-state index contributed by atoms with van der Waals surface area (Å²) in [6.07, 6.45) is 29.6. The quantitative estimate of drug-likeness (QED) is 0.312. The molecule has 0 spiro atoms. The largest absolute Gasteiger partial charge is 0.0776 e. The van der Waals surface area contributed by atoms with Gasteiger partial charge in [0.15, 0.2) is 0 Å². The van der Waals surface area contributed by atoms with Gasteiger partial charge < -0.3 is 0 Å².